The number of amides is 2. The molecule has 0 aliphatic carbocycles. The topological polar surface area (TPSA) is 78.4 Å². The number of hydrogen-bond donors (Lipinski definition) is 3. The van der Waals surface area contributed by atoms with Crippen molar-refractivity contribution >= 4 is 12.0 Å². The number of hydrogen-bond acceptors (Lipinski definition) is 2. The molecule has 0 heterocycles. The normalized spacial score (nSPS) is 13.7. The molecule has 0 aromatic carbocycles. The van der Waals surface area contributed by atoms with E-state index in [4.69, 9.17) is 5.11 Å². The summed E-state index contributed by atoms with van der Waals surface area (Å²) < 4.78 is 0. The summed E-state index contributed by atoms with van der Waals surface area (Å²) in [6, 6.07) is -1.20. The minimum Gasteiger partial charge on any atom is -0.480 e. The van der Waals surface area contributed by atoms with E-state index in [0.717, 1.165) is 25.7 Å². The monoisotopic (exact) mass is 258 g/mol. The minimum absolute atomic E-state index is 0.0756. The molecular formula is C13H26N2O3. The Morgan fingerprint density at radius 1 is 1.17 bits per heavy atom. The third-order valence-corrected chi connectivity index (χ3v) is 3.08. The number of nitrogens with one attached hydrogen (secondary N) is 2. The summed E-state index contributed by atoms with van der Waals surface area (Å²) in [5.74, 6) is -1.06. The Morgan fingerprint density at radius 2 is 1.83 bits per heavy atom. The van der Waals surface area contributed by atoms with Crippen LogP contribution >= 0.6 is 0 Å². The van der Waals surface area contributed by atoms with E-state index in [-0.39, 0.29) is 11.9 Å². The zero-order valence-corrected chi connectivity index (χ0v) is 11.7. The molecule has 5 heteroatoms. The summed E-state index contributed by atoms with van der Waals surface area (Å²) in [4.78, 5) is 22.5. The zero-order chi connectivity index (χ0) is 14.0. The van der Waals surface area contributed by atoms with Crippen LogP contribution in [-0.2, 0) is 4.79 Å². The fourth-order valence-electron chi connectivity index (χ4n) is 1.63. The number of aliphatic carboxylic acids is 1. The van der Waals surface area contributed by atoms with Gasteiger partial charge in [-0.05, 0) is 12.3 Å². The number of carbonyl (C=O) groups excluding carboxylic acids is 1. The van der Waals surface area contributed by atoms with E-state index in [9.17, 15) is 9.59 Å². The van der Waals surface area contributed by atoms with Crippen molar-refractivity contribution in [3.05, 3.63) is 0 Å². The molecule has 0 radical (unpaired) electrons. The highest BCUT2D eigenvalue weighted by Crippen LogP contribution is 2.07. The standard InChI is InChI=1S/C13H26N2O3/c1-4-6-7-8-9-14-13(18)15-11(12(16)17)10(3)5-2/h10-11H,4-9H2,1-3H3,(H,16,17)(H2,14,15,18). The molecule has 18 heavy (non-hydrogen) atoms. The van der Waals surface area contributed by atoms with Gasteiger partial charge in [0.25, 0.3) is 0 Å². The van der Waals surface area contributed by atoms with Crippen LogP contribution in [0, 0.1) is 5.92 Å². The maximum atomic E-state index is 11.5. The first-order valence-electron chi connectivity index (χ1n) is 6.80. The van der Waals surface area contributed by atoms with Gasteiger partial charge in [-0.15, -0.1) is 0 Å². The lowest BCUT2D eigenvalue weighted by Crippen LogP contribution is -2.49. The first-order chi connectivity index (χ1) is 8.52. The molecule has 2 amide bonds. The quantitative estimate of drug-likeness (QED) is 0.555. The summed E-state index contributed by atoms with van der Waals surface area (Å²) in [7, 11) is 0. The summed E-state index contributed by atoms with van der Waals surface area (Å²) in [6.07, 6.45) is 5.05. The first-order valence-corrected chi connectivity index (χ1v) is 6.80. The van der Waals surface area contributed by atoms with Gasteiger partial charge in [0.1, 0.15) is 6.04 Å². The van der Waals surface area contributed by atoms with Crippen LogP contribution in [0.3, 0.4) is 0 Å². The van der Waals surface area contributed by atoms with E-state index in [0.29, 0.717) is 13.0 Å². The van der Waals surface area contributed by atoms with Gasteiger partial charge in [0.2, 0.25) is 0 Å². The molecular weight excluding hydrogens is 232 g/mol. The van der Waals surface area contributed by atoms with Gasteiger partial charge in [-0.1, -0.05) is 46.5 Å². The second-order valence-electron chi connectivity index (χ2n) is 4.66. The van der Waals surface area contributed by atoms with Crippen molar-refractivity contribution in [1.29, 1.82) is 0 Å². The van der Waals surface area contributed by atoms with Crippen molar-refractivity contribution in [3.8, 4) is 0 Å². The number of urea groups is 1. The van der Waals surface area contributed by atoms with Crippen molar-refractivity contribution < 1.29 is 14.7 Å². The van der Waals surface area contributed by atoms with E-state index >= 15 is 0 Å². The zero-order valence-electron chi connectivity index (χ0n) is 11.7. The molecule has 3 N–H and O–H groups in total. The third-order valence-electron chi connectivity index (χ3n) is 3.08. The second-order valence-corrected chi connectivity index (χ2v) is 4.66. The van der Waals surface area contributed by atoms with Gasteiger partial charge in [-0.2, -0.15) is 0 Å². The molecule has 0 saturated carbocycles. The summed E-state index contributed by atoms with van der Waals surface area (Å²) in [6.45, 7) is 6.45. The largest absolute Gasteiger partial charge is 0.480 e. The smallest absolute Gasteiger partial charge is 0.326 e. The average molecular weight is 258 g/mol. The van der Waals surface area contributed by atoms with E-state index in [1.165, 1.54) is 0 Å². The van der Waals surface area contributed by atoms with E-state index in [1.54, 1.807) is 0 Å². The average Bonchev–Trinajstić information content (AvgIpc) is 2.34. The van der Waals surface area contributed by atoms with Gasteiger partial charge >= 0.3 is 12.0 Å². The van der Waals surface area contributed by atoms with E-state index in [2.05, 4.69) is 17.6 Å². The molecule has 106 valence electrons. The Labute approximate surface area is 109 Å². The van der Waals surface area contributed by atoms with Crippen LogP contribution in [0.1, 0.15) is 52.9 Å². The maximum Gasteiger partial charge on any atom is 0.326 e. The predicted octanol–water partition coefficient (Wildman–Crippen LogP) is 2.37. The SMILES string of the molecule is CCCCCCNC(=O)NC(C(=O)O)C(C)CC. The second kappa shape index (κ2) is 9.74. The van der Waals surface area contributed by atoms with Crippen molar-refractivity contribution in [2.24, 2.45) is 5.92 Å². The lowest BCUT2D eigenvalue weighted by molar-refractivity contribution is -0.140. The predicted molar refractivity (Wildman–Crippen MR) is 71.6 cm³/mol. The fourth-order valence-corrected chi connectivity index (χ4v) is 1.63. The number of carbonyl (C=O) groups is 2. The number of rotatable bonds is 9. The van der Waals surface area contributed by atoms with Crippen molar-refractivity contribution in [1.82, 2.24) is 10.6 Å². The third kappa shape index (κ3) is 7.14. The van der Waals surface area contributed by atoms with Gasteiger partial charge in [0, 0.05) is 6.54 Å². The van der Waals surface area contributed by atoms with Gasteiger partial charge in [0.15, 0.2) is 0 Å². The van der Waals surface area contributed by atoms with Crippen LogP contribution < -0.4 is 10.6 Å². The van der Waals surface area contributed by atoms with Crippen LogP contribution in [0.5, 0.6) is 0 Å². The van der Waals surface area contributed by atoms with Gasteiger partial charge < -0.3 is 15.7 Å². The molecule has 0 fully saturated rings. The molecule has 0 saturated heterocycles. The maximum absolute atomic E-state index is 11.5. The van der Waals surface area contributed by atoms with Crippen LogP contribution in [0.15, 0.2) is 0 Å². The lowest BCUT2D eigenvalue weighted by Gasteiger charge is -2.20. The molecule has 0 aromatic rings. The van der Waals surface area contributed by atoms with Crippen LogP contribution in [-0.4, -0.2) is 29.7 Å². The van der Waals surface area contributed by atoms with Gasteiger partial charge in [0.05, 0.1) is 0 Å². The highest BCUT2D eigenvalue weighted by molar-refractivity contribution is 5.82. The van der Waals surface area contributed by atoms with Crippen LogP contribution in [0.25, 0.3) is 0 Å². The lowest BCUT2D eigenvalue weighted by atomic mass is 9.99. The molecule has 0 aliphatic heterocycles. The number of carboxylic acids is 1. The Hall–Kier alpha value is -1.26. The molecule has 0 bridgehead atoms. The Morgan fingerprint density at radius 3 is 2.33 bits per heavy atom. The Kier molecular flexibility index (Phi) is 9.06. The highest BCUT2D eigenvalue weighted by Gasteiger charge is 2.24. The minimum atomic E-state index is -0.981. The summed E-state index contributed by atoms with van der Waals surface area (Å²) in [5.41, 5.74) is 0. The molecule has 0 aromatic heterocycles. The molecule has 0 aliphatic rings. The van der Waals surface area contributed by atoms with Crippen LogP contribution in [0.4, 0.5) is 4.79 Å². The molecule has 2 atom stereocenters. The molecule has 5 nitrogen and oxygen atoms in total. The first kappa shape index (κ1) is 16.7. The van der Waals surface area contributed by atoms with E-state index < -0.39 is 12.0 Å². The molecule has 0 spiro atoms. The number of carboxylic acid groups (broad SMARTS) is 1. The fraction of sp³-hybridized carbons (Fsp3) is 0.846. The van der Waals surface area contributed by atoms with Crippen molar-refractivity contribution in [2.75, 3.05) is 6.54 Å². The summed E-state index contributed by atoms with van der Waals surface area (Å²) in [5, 5.41) is 14.2. The van der Waals surface area contributed by atoms with Crippen molar-refractivity contribution in [2.45, 2.75) is 58.9 Å². The molecule has 0 rings (SSSR count). The van der Waals surface area contributed by atoms with Crippen LogP contribution in [0.2, 0.25) is 0 Å². The highest BCUT2D eigenvalue weighted by atomic mass is 16.4. The Balaban J connectivity index is 3.92. The Bertz CT molecular complexity index is 257. The molecule has 2 unspecified atom stereocenters. The van der Waals surface area contributed by atoms with E-state index in [1.807, 2.05) is 13.8 Å². The number of unbranched alkanes of at least 4 members (excludes halogenated alkanes) is 3. The van der Waals surface area contributed by atoms with Gasteiger partial charge in [-0.3, -0.25) is 0 Å². The van der Waals surface area contributed by atoms with Gasteiger partial charge in [-0.25, -0.2) is 9.59 Å². The summed E-state index contributed by atoms with van der Waals surface area (Å²) >= 11 is 0. The van der Waals surface area contributed by atoms with Crippen molar-refractivity contribution in [3.63, 3.8) is 0 Å².